The Bertz CT molecular complexity index is 1080. The Morgan fingerprint density at radius 1 is 1.03 bits per heavy atom. The molecular formula is C26H28N2O6. The van der Waals surface area contributed by atoms with Crippen LogP contribution < -0.4 is 5.32 Å². The number of methoxy groups -OCH3 is 1. The van der Waals surface area contributed by atoms with Gasteiger partial charge >= 0.3 is 12.1 Å². The van der Waals surface area contributed by atoms with Crippen molar-refractivity contribution in [2.24, 2.45) is 17.8 Å². The van der Waals surface area contributed by atoms with Crippen LogP contribution in [0.25, 0.3) is 11.1 Å². The van der Waals surface area contributed by atoms with E-state index in [-0.39, 0.29) is 36.2 Å². The van der Waals surface area contributed by atoms with Crippen LogP contribution in [0.5, 0.6) is 0 Å². The largest absolute Gasteiger partial charge is 0.481 e. The maximum Gasteiger partial charge on any atom is 0.407 e. The van der Waals surface area contributed by atoms with Crippen LogP contribution in [0.4, 0.5) is 4.79 Å². The normalized spacial score (nSPS) is 23.9. The molecule has 1 saturated heterocycles. The van der Waals surface area contributed by atoms with Gasteiger partial charge in [-0.2, -0.15) is 0 Å². The predicted octanol–water partition coefficient (Wildman–Crippen LogP) is 2.72. The number of piperidine rings is 1. The molecule has 1 aliphatic heterocycles. The summed E-state index contributed by atoms with van der Waals surface area (Å²) in [6, 6.07) is 15.3. The van der Waals surface area contributed by atoms with Gasteiger partial charge in [-0.25, -0.2) is 4.79 Å². The summed E-state index contributed by atoms with van der Waals surface area (Å²) >= 11 is 0. The standard InChI is InChI=1S/C26H28N2O6/c1-14(33-2)23(24(29)28-11-19-20(12-28)22(19)25(30)31)27-26(32)34-13-21-17-9-5-3-7-15(17)16-8-4-6-10-18(16)21/h3-10,14,19-23H,11-13H2,1-2H3,(H,27,32)(H,30,31). The summed E-state index contributed by atoms with van der Waals surface area (Å²) in [6.07, 6.45) is -1.25. The van der Waals surface area contributed by atoms with Gasteiger partial charge in [-0.05, 0) is 41.0 Å². The number of hydrogen-bond acceptors (Lipinski definition) is 5. The van der Waals surface area contributed by atoms with Gasteiger partial charge in [0, 0.05) is 26.1 Å². The predicted molar refractivity (Wildman–Crippen MR) is 123 cm³/mol. The second kappa shape index (κ2) is 8.76. The molecule has 2 aliphatic carbocycles. The highest BCUT2D eigenvalue weighted by atomic mass is 16.5. The smallest absolute Gasteiger partial charge is 0.407 e. The van der Waals surface area contributed by atoms with Crippen molar-refractivity contribution in [3.8, 4) is 11.1 Å². The van der Waals surface area contributed by atoms with Crippen LogP contribution in [0.1, 0.15) is 24.0 Å². The number of likely N-dealkylation sites (tertiary alicyclic amines) is 1. The molecule has 5 rings (SSSR count). The summed E-state index contributed by atoms with van der Waals surface area (Å²) in [5.41, 5.74) is 4.50. The molecule has 4 unspecified atom stereocenters. The first-order valence-electron chi connectivity index (χ1n) is 11.6. The topological polar surface area (TPSA) is 105 Å². The summed E-state index contributed by atoms with van der Waals surface area (Å²) in [7, 11) is 1.48. The second-order valence-electron chi connectivity index (χ2n) is 9.32. The lowest BCUT2D eigenvalue weighted by molar-refractivity contribution is -0.142. The van der Waals surface area contributed by atoms with Gasteiger partial charge in [-0.15, -0.1) is 0 Å². The first kappa shape index (κ1) is 22.4. The molecule has 2 aromatic carbocycles. The quantitative estimate of drug-likeness (QED) is 0.653. The number of nitrogens with zero attached hydrogens (tertiary/aromatic N) is 1. The molecule has 3 aliphatic rings. The number of carbonyl (C=O) groups excluding carboxylic acids is 2. The summed E-state index contributed by atoms with van der Waals surface area (Å²) in [5, 5.41) is 11.9. The average Bonchev–Trinajstić information content (AvgIpc) is 3.20. The zero-order valence-electron chi connectivity index (χ0n) is 19.1. The minimum absolute atomic E-state index is 0.00518. The molecule has 0 bridgehead atoms. The first-order valence-corrected chi connectivity index (χ1v) is 11.6. The molecular weight excluding hydrogens is 436 g/mol. The van der Waals surface area contributed by atoms with E-state index in [9.17, 15) is 19.5 Å². The first-order chi connectivity index (χ1) is 16.4. The Balaban J connectivity index is 1.23. The van der Waals surface area contributed by atoms with E-state index in [0.29, 0.717) is 13.1 Å². The van der Waals surface area contributed by atoms with Crippen molar-refractivity contribution in [1.29, 1.82) is 0 Å². The number of nitrogens with one attached hydrogen (secondary N) is 1. The number of alkyl carbamates (subject to hydrolysis) is 1. The molecule has 4 atom stereocenters. The number of carboxylic acid groups (broad SMARTS) is 1. The Kier molecular flexibility index (Phi) is 5.77. The highest BCUT2D eigenvalue weighted by Crippen LogP contribution is 2.52. The SMILES string of the molecule is COC(C)C(NC(=O)OCC1c2ccccc2-c2ccccc21)C(=O)N1CC2C(C1)C2C(=O)O. The number of ether oxygens (including phenoxy) is 2. The van der Waals surface area contributed by atoms with Crippen LogP contribution in [0, 0.1) is 17.8 Å². The Hall–Kier alpha value is -3.39. The molecule has 8 heteroatoms. The fraction of sp³-hybridized carbons (Fsp3) is 0.423. The fourth-order valence-electron chi connectivity index (χ4n) is 5.55. The van der Waals surface area contributed by atoms with Gasteiger partial charge in [-0.3, -0.25) is 9.59 Å². The highest BCUT2D eigenvalue weighted by Gasteiger charge is 2.61. The maximum atomic E-state index is 13.1. The second-order valence-corrected chi connectivity index (χ2v) is 9.32. The number of carbonyl (C=O) groups is 3. The van der Waals surface area contributed by atoms with E-state index in [4.69, 9.17) is 9.47 Å². The van der Waals surface area contributed by atoms with E-state index >= 15 is 0 Å². The van der Waals surface area contributed by atoms with E-state index in [1.807, 2.05) is 36.4 Å². The lowest BCUT2D eigenvalue weighted by atomic mass is 9.98. The lowest BCUT2D eigenvalue weighted by Gasteiger charge is -2.29. The monoisotopic (exact) mass is 464 g/mol. The molecule has 8 nitrogen and oxygen atoms in total. The zero-order valence-corrected chi connectivity index (χ0v) is 19.1. The number of carboxylic acids is 1. The summed E-state index contributed by atoms with van der Waals surface area (Å²) in [4.78, 5) is 38.7. The molecule has 2 N–H and O–H groups in total. The van der Waals surface area contributed by atoms with E-state index < -0.39 is 24.2 Å². The van der Waals surface area contributed by atoms with Crippen LogP contribution >= 0.6 is 0 Å². The van der Waals surface area contributed by atoms with E-state index in [1.54, 1.807) is 11.8 Å². The Morgan fingerprint density at radius 2 is 1.59 bits per heavy atom. The summed E-state index contributed by atoms with van der Waals surface area (Å²) < 4.78 is 11.0. The van der Waals surface area contributed by atoms with Gasteiger partial charge in [0.2, 0.25) is 5.91 Å². The number of fused-ring (bicyclic) bond motifs is 4. The van der Waals surface area contributed by atoms with Crippen molar-refractivity contribution in [1.82, 2.24) is 10.2 Å². The van der Waals surface area contributed by atoms with Gasteiger partial charge in [0.25, 0.3) is 0 Å². The molecule has 1 heterocycles. The molecule has 1 saturated carbocycles. The molecule has 0 aromatic heterocycles. The summed E-state index contributed by atoms with van der Waals surface area (Å²) in [6.45, 7) is 2.64. The van der Waals surface area contributed by atoms with Crippen molar-refractivity contribution < 1.29 is 29.0 Å². The van der Waals surface area contributed by atoms with Crippen molar-refractivity contribution >= 4 is 18.0 Å². The molecule has 0 spiro atoms. The van der Waals surface area contributed by atoms with Crippen molar-refractivity contribution in [3.05, 3.63) is 59.7 Å². The maximum absolute atomic E-state index is 13.1. The van der Waals surface area contributed by atoms with E-state index in [0.717, 1.165) is 22.3 Å². The van der Waals surface area contributed by atoms with Gasteiger partial charge in [0.15, 0.2) is 0 Å². The molecule has 2 fully saturated rings. The third-order valence-electron chi connectivity index (χ3n) is 7.52. The van der Waals surface area contributed by atoms with Gasteiger partial charge < -0.3 is 24.8 Å². The van der Waals surface area contributed by atoms with Crippen molar-refractivity contribution in [3.63, 3.8) is 0 Å². The lowest BCUT2D eigenvalue weighted by Crippen LogP contribution is -2.54. The minimum Gasteiger partial charge on any atom is -0.481 e. The number of hydrogen-bond donors (Lipinski definition) is 2. The van der Waals surface area contributed by atoms with Gasteiger partial charge in [0.05, 0.1) is 12.0 Å². The fourth-order valence-corrected chi connectivity index (χ4v) is 5.55. The molecule has 2 aromatic rings. The summed E-state index contributed by atoms with van der Waals surface area (Å²) in [5.74, 6) is -1.54. The average molecular weight is 465 g/mol. The third kappa shape index (κ3) is 3.81. The number of aliphatic carboxylic acids is 1. The number of amides is 2. The Morgan fingerprint density at radius 3 is 2.12 bits per heavy atom. The third-order valence-corrected chi connectivity index (χ3v) is 7.52. The van der Waals surface area contributed by atoms with Crippen LogP contribution in [0.15, 0.2) is 48.5 Å². The molecule has 2 amide bonds. The van der Waals surface area contributed by atoms with Gasteiger partial charge in [0.1, 0.15) is 12.6 Å². The van der Waals surface area contributed by atoms with Crippen molar-refractivity contribution in [2.45, 2.75) is 25.0 Å². The van der Waals surface area contributed by atoms with Crippen molar-refractivity contribution in [2.75, 3.05) is 26.8 Å². The molecule has 178 valence electrons. The zero-order chi connectivity index (χ0) is 24.0. The van der Waals surface area contributed by atoms with E-state index in [2.05, 4.69) is 17.4 Å². The van der Waals surface area contributed by atoms with Crippen LogP contribution in [0.3, 0.4) is 0 Å². The highest BCUT2D eigenvalue weighted by molar-refractivity contribution is 5.87. The van der Waals surface area contributed by atoms with Crippen LogP contribution in [-0.2, 0) is 19.1 Å². The minimum atomic E-state index is -0.915. The Labute approximate surface area is 197 Å². The van der Waals surface area contributed by atoms with Gasteiger partial charge in [-0.1, -0.05) is 48.5 Å². The van der Waals surface area contributed by atoms with Crippen LogP contribution in [-0.4, -0.2) is 66.9 Å². The molecule has 34 heavy (non-hydrogen) atoms. The molecule has 0 radical (unpaired) electrons. The number of rotatable bonds is 7. The van der Waals surface area contributed by atoms with Crippen LogP contribution in [0.2, 0.25) is 0 Å². The number of benzene rings is 2. The van der Waals surface area contributed by atoms with E-state index in [1.165, 1.54) is 7.11 Å².